The SMILES string of the molecule is CCOc1cccc(CN2CCC(C)CC2CN)c1.Cl. The third-order valence-corrected chi connectivity index (χ3v) is 3.97. The summed E-state index contributed by atoms with van der Waals surface area (Å²) < 4.78 is 5.56. The van der Waals surface area contributed by atoms with E-state index >= 15 is 0 Å². The zero-order chi connectivity index (χ0) is 13.7. The van der Waals surface area contributed by atoms with Crippen LogP contribution >= 0.6 is 12.4 Å². The molecule has 2 atom stereocenters. The number of rotatable bonds is 5. The molecule has 0 aromatic heterocycles. The molecule has 1 heterocycles. The standard InChI is InChI=1S/C16H26N2O.ClH/c1-3-19-16-6-4-5-14(10-16)12-18-8-7-13(2)9-15(18)11-17;/h4-6,10,13,15H,3,7-9,11-12,17H2,1-2H3;1H. The van der Waals surface area contributed by atoms with Crippen molar-refractivity contribution in [2.45, 2.75) is 39.3 Å². The van der Waals surface area contributed by atoms with Gasteiger partial charge in [0, 0.05) is 19.1 Å². The molecule has 1 fully saturated rings. The van der Waals surface area contributed by atoms with Gasteiger partial charge in [0.15, 0.2) is 0 Å². The molecule has 0 saturated carbocycles. The number of benzene rings is 1. The van der Waals surface area contributed by atoms with Crippen LogP contribution in [0.3, 0.4) is 0 Å². The van der Waals surface area contributed by atoms with Gasteiger partial charge in [-0.2, -0.15) is 0 Å². The van der Waals surface area contributed by atoms with E-state index in [4.69, 9.17) is 10.5 Å². The first-order valence-electron chi connectivity index (χ1n) is 7.38. The first kappa shape index (κ1) is 17.3. The lowest BCUT2D eigenvalue weighted by atomic mass is 9.92. The molecule has 1 aliphatic heterocycles. The number of nitrogens with zero attached hydrogens (tertiary/aromatic N) is 1. The van der Waals surface area contributed by atoms with Crippen molar-refractivity contribution >= 4 is 12.4 Å². The fourth-order valence-electron chi connectivity index (χ4n) is 2.89. The topological polar surface area (TPSA) is 38.5 Å². The van der Waals surface area contributed by atoms with Gasteiger partial charge in [-0.25, -0.2) is 0 Å². The Morgan fingerprint density at radius 3 is 2.90 bits per heavy atom. The largest absolute Gasteiger partial charge is 0.494 e. The van der Waals surface area contributed by atoms with Gasteiger partial charge < -0.3 is 10.5 Å². The molecule has 2 unspecified atom stereocenters. The number of piperidine rings is 1. The third kappa shape index (κ3) is 4.65. The molecule has 0 aliphatic carbocycles. The monoisotopic (exact) mass is 298 g/mol. The van der Waals surface area contributed by atoms with Crippen molar-refractivity contribution in [2.75, 3.05) is 19.7 Å². The molecule has 2 N–H and O–H groups in total. The summed E-state index contributed by atoms with van der Waals surface area (Å²) >= 11 is 0. The fraction of sp³-hybridized carbons (Fsp3) is 0.625. The summed E-state index contributed by atoms with van der Waals surface area (Å²) in [5.41, 5.74) is 7.24. The van der Waals surface area contributed by atoms with E-state index in [9.17, 15) is 0 Å². The van der Waals surface area contributed by atoms with E-state index in [1.165, 1.54) is 18.4 Å². The summed E-state index contributed by atoms with van der Waals surface area (Å²) in [7, 11) is 0. The van der Waals surface area contributed by atoms with Gasteiger partial charge in [-0.05, 0) is 49.9 Å². The lowest BCUT2D eigenvalue weighted by Crippen LogP contribution is -2.45. The molecular formula is C16H27ClN2O. The van der Waals surface area contributed by atoms with Crippen LogP contribution in [-0.2, 0) is 6.54 Å². The first-order valence-corrected chi connectivity index (χ1v) is 7.38. The van der Waals surface area contributed by atoms with E-state index in [1.807, 2.05) is 13.0 Å². The highest BCUT2D eigenvalue weighted by Gasteiger charge is 2.25. The van der Waals surface area contributed by atoms with E-state index in [2.05, 4.69) is 30.0 Å². The van der Waals surface area contributed by atoms with Gasteiger partial charge in [-0.3, -0.25) is 4.90 Å². The predicted octanol–water partition coefficient (Wildman–Crippen LogP) is 3.07. The van der Waals surface area contributed by atoms with E-state index in [0.717, 1.165) is 37.9 Å². The highest BCUT2D eigenvalue weighted by atomic mass is 35.5. The molecule has 0 spiro atoms. The summed E-state index contributed by atoms with van der Waals surface area (Å²) in [4.78, 5) is 2.52. The van der Waals surface area contributed by atoms with Crippen LogP contribution in [0.2, 0.25) is 0 Å². The Hall–Kier alpha value is -0.770. The van der Waals surface area contributed by atoms with Crippen LogP contribution in [0, 0.1) is 5.92 Å². The number of halogens is 1. The average molecular weight is 299 g/mol. The fourth-order valence-corrected chi connectivity index (χ4v) is 2.89. The maximum atomic E-state index is 5.92. The molecule has 4 heteroatoms. The highest BCUT2D eigenvalue weighted by Crippen LogP contribution is 2.24. The summed E-state index contributed by atoms with van der Waals surface area (Å²) in [6, 6.07) is 8.94. The van der Waals surface area contributed by atoms with E-state index < -0.39 is 0 Å². The maximum absolute atomic E-state index is 5.92. The molecule has 1 aromatic rings. The molecular weight excluding hydrogens is 272 g/mol. The smallest absolute Gasteiger partial charge is 0.119 e. The van der Waals surface area contributed by atoms with Crippen LogP contribution in [0.25, 0.3) is 0 Å². The number of ether oxygens (including phenoxy) is 1. The normalized spacial score (nSPS) is 23.1. The Kier molecular flexibility index (Phi) is 7.35. The van der Waals surface area contributed by atoms with Gasteiger partial charge in [0.1, 0.15) is 5.75 Å². The molecule has 1 aliphatic rings. The minimum Gasteiger partial charge on any atom is -0.494 e. The average Bonchev–Trinajstić information content (AvgIpc) is 2.41. The molecule has 3 nitrogen and oxygen atoms in total. The van der Waals surface area contributed by atoms with Crippen LogP contribution < -0.4 is 10.5 Å². The summed E-state index contributed by atoms with van der Waals surface area (Å²) in [6.07, 6.45) is 2.50. The van der Waals surface area contributed by atoms with Crippen LogP contribution in [-0.4, -0.2) is 30.6 Å². The quantitative estimate of drug-likeness (QED) is 0.908. The van der Waals surface area contributed by atoms with Gasteiger partial charge in [-0.1, -0.05) is 19.1 Å². The Labute approximate surface area is 128 Å². The molecule has 0 bridgehead atoms. The minimum atomic E-state index is 0. The van der Waals surface area contributed by atoms with Crippen molar-refractivity contribution in [3.05, 3.63) is 29.8 Å². The summed E-state index contributed by atoms with van der Waals surface area (Å²) in [5.74, 6) is 1.77. The minimum absolute atomic E-state index is 0. The zero-order valence-electron chi connectivity index (χ0n) is 12.5. The number of hydrogen-bond acceptors (Lipinski definition) is 3. The second-order valence-electron chi connectivity index (χ2n) is 5.57. The summed E-state index contributed by atoms with van der Waals surface area (Å²) in [6.45, 7) is 7.96. The van der Waals surface area contributed by atoms with Crippen molar-refractivity contribution in [2.24, 2.45) is 11.7 Å². The van der Waals surface area contributed by atoms with Crippen molar-refractivity contribution in [1.29, 1.82) is 0 Å². The first-order chi connectivity index (χ1) is 9.22. The van der Waals surface area contributed by atoms with Crippen LogP contribution in [0.4, 0.5) is 0 Å². The predicted molar refractivity (Wildman–Crippen MR) is 86.5 cm³/mol. The third-order valence-electron chi connectivity index (χ3n) is 3.97. The lowest BCUT2D eigenvalue weighted by molar-refractivity contribution is 0.115. The van der Waals surface area contributed by atoms with Crippen LogP contribution in [0.5, 0.6) is 5.75 Å². The van der Waals surface area contributed by atoms with E-state index in [-0.39, 0.29) is 12.4 Å². The molecule has 0 radical (unpaired) electrons. The Balaban J connectivity index is 0.00000200. The van der Waals surface area contributed by atoms with Gasteiger partial charge in [0.25, 0.3) is 0 Å². The number of hydrogen-bond donors (Lipinski definition) is 1. The summed E-state index contributed by atoms with van der Waals surface area (Å²) in [5, 5.41) is 0. The maximum Gasteiger partial charge on any atom is 0.119 e. The van der Waals surface area contributed by atoms with E-state index in [0.29, 0.717) is 6.04 Å². The van der Waals surface area contributed by atoms with Crippen molar-refractivity contribution in [3.8, 4) is 5.75 Å². The second-order valence-corrected chi connectivity index (χ2v) is 5.57. The zero-order valence-corrected chi connectivity index (χ0v) is 13.4. The van der Waals surface area contributed by atoms with Gasteiger partial charge in [0.05, 0.1) is 6.61 Å². The van der Waals surface area contributed by atoms with E-state index in [1.54, 1.807) is 0 Å². The Morgan fingerprint density at radius 2 is 2.20 bits per heavy atom. The Bertz CT molecular complexity index is 400. The number of likely N-dealkylation sites (tertiary alicyclic amines) is 1. The van der Waals surface area contributed by atoms with Crippen LogP contribution in [0.1, 0.15) is 32.3 Å². The molecule has 1 saturated heterocycles. The molecule has 20 heavy (non-hydrogen) atoms. The van der Waals surface area contributed by atoms with Gasteiger partial charge >= 0.3 is 0 Å². The van der Waals surface area contributed by atoms with Crippen molar-refractivity contribution < 1.29 is 4.74 Å². The van der Waals surface area contributed by atoms with Crippen molar-refractivity contribution in [3.63, 3.8) is 0 Å². The van der Waals surface area contributed by atoms with Gasteiger partial charge in [-0.15, -0.1) is 12.4 Å². The molecule has 1 aromatic carbocycles. The second kappa shape index (κ2) is 8.50. The number of nitrogens with two attached hydrogens (primary N) is 1. The van der Waals surface area contributed by atoms with Crippen molar-refractivity contribution in [1.82, 2.24) is 4.90 Å². The molecule has 2 rings (SSSR count). The molecule has 114 valence electrons. The van der Waals surface area contributed by atoms with Crippen LogP contribution in [0.15, 0.2) is 24.3 Å². The highest BCUT2D eigenvalue weighted by molar-refractivity contribution is 5.85. The Morgan fingerprint density at radius 1 is 1.40 bits per heavy atom. The molecule has 0 amide bonds. The lowest BCUT2D eigenvalue weighted by Gasteiger charge is -2.38. The van der Waals surface area contributed by atoms with Gasteiger partial charge in [0.2, 0.25) is 0 Å².